The standard InChI is InChI=1S/C48H71N3O4.2ClH/c1-8-13-14-20-37-34-42(54-44(52)23-19-29-50(11-4)12-5)46-43(35-37)55-48(6,7)47(53-32-18-17-28-49(9-2)10-3)45(46)40-26-30-51(31-27-40)36-38-24-25-39-21-15-16-22-41(39)33-38;;/h15-16,21-22,24-26,33-35,45,47H,8-14,17-20,23,27-32,36H2,1-7H3;2*1H. The Morgan fingerprint density at radius 2 is 1.53 bits per heavy atom. The minimum absolute atomic E-state index is 0. The molecule has 7 nitrogen and oxygen atoms in total. The highest BCUT2D eigenvalue weighted by Crippen LogP contribution is 2.51. The molecule has 2 heterocycles. The average Bonchev–Trinajstić information content (AvgIpc) is 3.18. The average molecular weight is 827 g/mol. The van der Waals surface area contributed by atoms with Crippen molar-refractivity contribution in [2.75, 3.05) is 59.0 Å². The summed E-state index contributed by atoms with van der Waals surface area (Å²) >= 11 is 0. The molecular formula is C48H73Cl2N3O4. The highest BCUT2D eigenvalue weighted by molar-refractivity contribution is 5.85. The Bertz CT molecular complexity index is 1690. The maximum Gasteiger partial charge on any atom is 0.311 e. The topological polar surface area (TPSA) is 54.5 Å². The number of benzene rings is 3. The fourth-order valence-corrected chi connectivity index (χ4v) is 8.52. The van der Waals surface area contributed by atoms with E-state index in [0.717, 1.165) is 115 Å². The van der Waals surface area contributed by atoms with E-state index in [1.807, 2.05) is 0 Å². The first kappa shape index (κ1) is 48.7. The predicted octanol–water partition coefficient (Wildman–Crippen LogP) is 11.0. The molecule has 0 amide bonds. The van der Waals surface area contributed by atoms with Gasteiger partial charge in [0.15, 0.2) is 0 Å². The first-order valence-electron chi connectivity index (χ1n) is 21.7. The van der Waals surface area contributed by atoms with Gasteiger partial charge in [-0.1, -0.05) is 95.5 Å². The Balaban J connectivity index is 0.00000435. The first-order chi connectivity index (χ1) is 26.7. The maximum absolute atomic E-state index is 13.6. The van der Waals surface area contributed by atoms with Crippen LogP contribution in [-0.2, 0) is 22.5 Å². The van der Waals surface area contributed by atoms with Crippen molar-refractivity contribution in [2.45, 2.75) is 130 Å². The number of esters is 1. The number of nitrogens with zero attached hydrogens (tertiary/aromatic N) is 3. The molecule has 2 aliphatic heterocycles. The number of carbonyl (C=O) groups is 1. The zero-order valence-electron chi connectivity index (χ0n) is 36.2. The summed E-state index contributed by atoms with van der Waals surface area (Å²) in [7, 11) is 0. The van der Waals surface area contributed by atoms with Crippen LogP contribution in [0.2, 0.25) is 0 Å². The second-order valence-electron chi connectivity index (χ2n) is 16.2. The van der Waals surface area contributed by atoms with Gasteiger partial charge in [-0.15, -0.1) is 24.8 Å². The summed E-state index contributed by atoms with van der Waals surface area (Å²) in [5.74, 6) is 1.26. The van der Waals surface area contributed by atoms with Gasteiger partial charge in [0.25, 0.3) is 0 Å². The molecule has 0 saturated carbocycles. The van der Waals surface area contributed by atoms with Crippen LogP contribution >= 0.6 is 24.8 Å². The summed E-state index contributed by atoms with van der Waals surface area (Å²) in [6.45, 7) is 24.9. The van der Waals surface area contributed by atoms with E-state index in [4.69, 9.17) is 14.2 Å². The van der Waals surface area contributed by atoms with Gasteiger partial charge >= 0.3 is 5.97 Å². The van der Waals surface area contributed by atoms with Gasteiger partial charge in [0.2, 0.25) is 0 Å². The van der Waals surface area contributed by atoms with Crippen LogP contribution in [0.25, 0.3) is 10.8 Å². The third-order valence-electron chi connectivity index (χ3n) is 11.9. The minimum atomic E-state index is -0.577. The second kappa shape index (κ2) is 24.4. The molecule has 2 aliphatic rings. The zero-order valence-corrected chi connectivity index (χ0v) is 37.8. The Labute approximate surface area is 357 Å². The van der Waals surface area contributed by atoms with Gasteiger partial charge in [-0.3, -0.25) is 9.69 Å². The number of fused-ring (bicyclic) bond motifs is 2. The maximum atomic E-state index is 13.6. The molecule has 0 saturated heterocycles. The van der Waals surface area contributed by atoms with E-state index in [2.05, 4.69) is 124 Å². The molecule has 3 aromatic rings. The largest absolute Gasteiger partial charge is 0.485 e. The van der Waals surface area contributed by atoms with E-state index < -0.39 is 5.60 Å². The minimum Gasteiger partial charge on any atom is -0.485 e. The third kappa shape index (κ3) is 13.7. The molecule has 0 spiro atoms. The summed E-state index contributed by atoms with van der Waals surface area (Å²) in [6, 6.07) is 19.8. The van der Waals surface area contributed by atoms with Gasteiger partial charge in [0, 0.05) is 44.1 Å². The number of halogens is 2. The van der Waals surface area contributed by atoms with Crippen LogP contribution in [0.3, 0.4) is 0 Å². The first-order valence-corrected chi connectivity index (χ1v) is 21.7. The van der Waals surface area contributed by atoms with Crippen molar-refractivity contribution in [3.05, 3.63) is 82.9 Å². The lowest BCUT2D eigenvalue weighted by Gasteiger charge is -2.47. The van der Waals surface area contributed by atoms with Crippen LogP contribution < -0.4 is 9.47 Å². The molecule has 0 N–H and O–H groups in total. The number of ether oxygens (including phenoxy) is 3. The van der Waals surface area contributed by atoms with Crippen LogP contribution in [0.5, 0.6) is 11.5 Å². The molecule has 2 atom stereocenters. The van der Waals surface area contributed by atoms with Gasteiger partial charge in [-0.2, -0.15) is 0 Å². The second-order valence-corrected chi connectivity index (χ2v) is 16.2. The monoisotopic (exact) mass is 825 g/mol. The Kier molecular flexibility index (Phi) is 20.9. The van der Waals surface area contributed by atoms with Crippen molar-refractivity contribution in [1.82, 2.24) is 14.7 Å². The van der Waals surface area contributed by atoms with Crippen molar-refractivity contribution in [2.24, 2.45) is 0 Å². The zero-order chi connectivity index (χ0) is 39.2. The van der Waals surface area contributed by atoms with Crippen molar-refractivity contribution in [3.63, 3.8) is 0 Å². The molecule has 0 radical (unpaired) electrons. The SMILES string of the molecule is CCCCCc1cc(OC(=O)CCCN(CC)CC)c2c(c1)OC(C)(C)C(OCCCCN(CC)CC)C2C1=CCN(Cc2ccc3ccccc3c2)CC1.Cl.Cl. The summed E-state index contributed by atoms with van der Waals surface area (Å²) < 4.78 is 20.4. The van der Waals surface area contributed by atoms with Crippen LogP contribution in [-0.4, -0.2) is 91.3 Å². The Hall–Kier alpha value is -2.65. The lowest BCUT2D eigenvalue weighted by Crippen LogP contribution is -2.51. The van der Waals surface area contributed by atoms with E-state index in [1.54, 1.807) is 0 Å². The van der Waals surface area contributed by atoms with Crippen LogP contribution in [0.1, 0.15) is 122 Å². The molecule has 2 unspecified atom stereocenters. The van der Waals surface area contributed by atoms with Crippen LogP contribution in [0, 0.1) is 0 Å². The lowest BCUT2D eigenvalue weighted by atomic mass is 9.74. The third-order valence-corrected chi connectivity index (χ3v) is 11.9. The number of unbranched alkanes of at least 4 members (excludes halogenated alkanes) is 3. The van der Waals surface area contributed by atoms with Gasteiger partial charge in [0.05, 0.1) is 0 Å². The van der Waals surface area contributed by atoms with E-state index >= 15 is 0 Å². The number of hydrogen-bond acceptors (Lipinski definition) is 7. The van der Waals surface area contributed by atoms with Crippen molar-refractivity contribution < 1.29 is 19.0 Å². The Morgan fingerprint density at radius 1 is 0.825 bits per heavy atom. The van der Waals surface area contributed by atoms with E-state index in [9.17, 15) is 4.79 Å². The molecule has 0 fully saturated rings. The highest BCUT2D eigenvalue weighted by atomic mass is 35.5. The molecule has 0 aromatic heterocycles. The fraction of sp³-hybridized carbons (Fsp3) is 0.604. The number of aryl methyl sites for hydroxylation is 1. The van der Waals surface area contributed by atoms with Gasteiger partial charge in [0.1, 0.15) is 23.2 Å². The van der Waals surface area contributed by atoms with Crippen molar-refractivity contribution in [1.29, 1.82) is 0 Å². The van der Waals surface area contributed by atoms with Gasteiger partial charge in [-0.05, 0) is 132 Å². The number of rotatable bonds is 22. The van der Waals surface area contributed by atoms with E-state index in [1.165, 1.54) is 33.9 Å². The normalized spacial score (nSPS) is 17.7. The van der Waals surface area contributed by atoms with Gasteiger partial charge < -0.3 is 24.0 Å². The molecule has 5 rings (SSSR count). The number of carbonyl (C=O) groups excluding carboxylic acids is 1. The van der Waals surface area contributed by atoms with Crippen molar-refractivity contribution >= 4 is 41.6 Å². The smallest absolute Gasteiger partial charge is 0.311 e. The molecule has 3 aromatic carbocycles. The summed E-state index contributed by atoms with van der Waals surface area (Å²) in [4.78, 5) is 21.0. The summed E-state index contributed by atoms with van der Waals surface area (Å²) in [5, 5.41) is 2.57. The molecule has 0 bridgehead atoms. The Morgan fingerprint density at radius 3 is 2.19 bits per heavy atom. The fourth-order valence-electron chi connectivity index (χ4n) is 8.52. The number of hydrogen-bond donors (Lipinski definition) is 0. The predicted molar refractivity (Wildman–Crippen MR) is 243 cm³/mol. The van der Waals surface area contributed by atoms with Crippen molar-refractivity contribution in [3.8, 4) is 11.5 Å². The van der Waals surface area contributed by atoms with Gasteiger partial charge in [-0.25, -0.2) is 0 Å². The molecule has 0 aliphatic carbocycles. The van der Waals surface area contributed by atoms with E-state index in [-0.39, 0.29) is 42.8 Å². The lowest BCUT2D eigenvalue weighted by molar-refractivity contribution is -0.134. The molecular weight excluding hydrogens is 753 g/mol. The summed E-state index contributed by atoms with van der Waals surface area (Å²) in [6.07, 6.45) is 10.7. The molecule has 57 heavy (non-hydrogen) atoms. The van der Waals surface area contributed by atoms with Crippen LogP contribution in [0.4, 0.5) is 0 Å². The highest BCUT2D eigenvalue weighted by Gasteiger charge is 2.48. The summed E-state index contributed by atoms with van der Waals surface area (Å²) in [5.41, 5.74) is 4.27. The van der Waals surface area contributed by atoms with E-state index in [0.29, 0.717) is 18.8 Å². The molecule has 9 heteroatoms. The quantitative estimate of drug-likeness (QED) is 0.0433. The molecule has 318 valence electrons. The van der Waals surface area contributed by atoms with Crippen LogP contribution in [0.15, 0.2) is 66.2 Å².